The Kier molecular flexibility index (Phi) is 4.60. The Hall–Kier alpha value is -1.07. The average molecular weight is 271 g/mol. The number of nitrogens with one attached hydrogen (secondary N) is 1. The van der Waals surface area contributed by atoms with Gasteiger partial charge in [0, 0.05) is 12.6 Å². The van der Waals surface area contributed by atoms with Crippen molar-refractivity contribution < 1.29 is 4.74 Å². The van der Waals surface area contributed by atoms with Crippen LogP contribution in [0.1, 0.15) is 25.7 Å². The minimum atomic E-state index is 0.322. The van der Waals surface area contributed by atoms with E-state index in [4.69, 9.17) is 22.1 Å². The molecule has 1 fully saturated rings. The van der Waals surface area contributed by atoms with Crippen LogP contribution in [0.4, 0.5) is 5.82 Å². The molecule has 1 aromatic rings. The SMILES string of the molecule is COc1ncc(Cl)c(NCC2CCCC(N)C2)n1. The van der Waals surface area contributed by atoms with Gasteiger partial charge in [0.15, 0.2) is 5.82 Å². The molecule has 1 saturated carbocycles. The quantitative estimate of drug-likeness (QED) is 0.876. The molecule has 5 nitrogen and oxygen atoms in total. The number of rotatable bonds is 4. The van der Waals surface area contributed by atoms with Crippen LogP contribution in [-0.4, -0.2) is 29.7 Å². The van der Waals surface area contributed by atoms with Crippen LogP contribution in [0.15, 0.2) is 6.20 Å². The number of anilines is 1. The number of hydrogen-bond donors (Lipinski definition) is 2. The summed E-state index contributed by atoms with van der Waals surface area (Å²) in [6.45, 7) is 0.841. The number of nitrogens with two attached hydrogens (primary N) is 1. The van der Waals surface area contributed by atoms with E-state index in [1.165, 1.54) is 20.0 Å². The Morgan fingerprint density at radius 3 is 3.11 bits per heavy atom. The highest BCUT2D eigenvalue weighted by Gasteiger charge is 2.19. The summed E-state index contributed by atoms with van der Waals surface area (Å²) in [6.07, 6.45) is 6.16. The van der Waals surface area contributed by atoms with E-state index in [-0.39, 0.29) is 0 Å². The summed E-state index contributed by atoms with van der Waals surface area (Å²) in [5, 5.41) is 3.77. The van der Waals surface area contributed by atoms with Crippen LogP contribution in [-0.2, 0) is 0 Å². The Morgan fingerprint density at radius 1 is 1.56 bits per heavy atom. The van der Waals surface area contributed by atoms with Gasteiger partial charge in [-0.15, -0.1) is 0 Å². The van der Waals surface area contributed by atoms with Crippen LogP contribution in [0.3, 0.4) is 0 Å². The Bertz CT molecular complexity index is 402. The van der Waals surface area contributed by atoms with E-state index in [0.717, 1.165) is 19.4 Å². The fourth-order valence-electron chi connectivity index (χ4n) is 2.33. The summed E-state index contributed by atoms with van der Waals surface area (Å²) in [6, 6.07) is 0.656. The summed E-state index contributed by atoms with van der Waals surface area (Å²) in [5.74, 6) is 1.22. The van der Waals surface area contributed by atoms with Crippen molar-refractivity contribution >= 4 is 17.4 Å². The Balaban J connectivity index is 1.92. The van der Waals surface area contributed by atoms with Crippen molar-refractivity contribution in [2.45, 2.75) is 31.7 Å². The summed E-state index contributed by atoms with van der Waals surface area (Å²) in [5.41, 5.74) is 5.97. The van der Waals surface area contributed by atoms with Gasteiger partial charge in [0.05, 0.1) is 13.3 Å². The minimum absolute atomic E-state index is 0.322. The van der Waals surface area contributed by atoms with Gasteiger partial charge in [-0.05, 0) is 25.2 Å². The molecule has 0 spiro atoms. The van der Waals surface area contributed by atoms with Crippen LogP contribution >= 0.6 is 11.6 Å². The lowest BCUT2D eigenvalue weighted by Crippen LogP contribution is -2.31. The Morgan fingerprint density at radius 2 is 2.39 bits per heavy atom. The van der Waals surface area contributed by atoms with Gasteiger partial charge in [0.25, 0.3) is 0 Å². The van der Waals surface area contributed by atoms with Gasteiger partial charge in [0.1, 0.15) is 5.02 Å². The van der Waals surface area contributed by atoms with E-state index in [0.29, 0.717) is 28.8 Å². The second-order valence-electron chi connectivity index (χ2n) is 4.73. The molecule has 0 bridgehead atoms. The molecule has 0 aromatic carbocycles. The summed E-state index contributed by atoms with van der Waals surface area (Å²) in [7, 11) is 1.53. The second kappa shape index (κ2) is 6.20. The number of hydrogen-bond acceptors (Lipinski definition) is 5. The molecule has 2 atom stereocenters. The zero-order chi connectivity index (χ0) is 13.0. The van der Waals surface area contributed by atoms with Crippen LogP contribution in [0, 0.1) is 5.92 Å². The molecule has 6 heteroatoms. The molecule has 1 aromatic heterocycles. The second-order valence-corrected chi connectivity index (χ2v) is 5.13. The van der Waals surface area contributed by atoms with Crippen molar-refractivity contribution in [3.05, 3.63) is 11.2 Å². The molecule has 100 valence electrons. The molecular weight excluding hydrogens is 252 g/mol. The number of aromatic nitrogens is 2. The van der Waals surface area contributed by atoms with Crippen molar-refractivity contribution in [2.75, 3.05) is 19.0 Å². The van der Waals surface area contributed by atoms with Crippen LogP contribution in [0.5, 0.6) is 6.01 Å². The average Bonchev–Trinajstić information content (AvgIpc) is 2.38. The summed E-state index contributed by atoms with van der Waals surface area (Å²) in [4.78, 5) is 8.13. The fraction of sp³-hybridized carbons (Fsp3) is 0.667. The molecule has 0 aliphatic heterocycles. The van der Waals surface area contributed by atoms with E-state index in [1.54, 1.807) is 6.20 Å². The first kappa shape index (κ1) is 13.4. The topological polar surface area (TPSA) is 73.1 Å². The van der Waals surface area contributed by atoms with E-state index in [1.807, 2.05) is 0 Å². The molecule has 2 unspecified atom stereocenters. The predicted octanol–water partition coefficient (Wildman–Crippen LogP) is 2.07. The molecule has 3 N–H and O–H groups in total. The van der Waals surface area contributed by atoms with Gasteiger partial charge >= 0.3 is 6.01 Å². The predicted molar refractivity (Wildman–Crippen MR) is 72.0 cm³/mol. The third kappa shape index (κ3) is 3.46. The third-order valence-electron chi connectivity index (χ3n) is 3.29. The van der Waals surface area contributed by atoms with Crippen molar-refractivity contribution in [2.24, 2.45) is 11.7 Å². The minimum Gasteiger partial charge on any atom is -0.467 e. The number of ether oxygens (including phenoxy) is 1. The maximum Gasteiger partial charge on any atom is 0.318 e. The lowest BCUT2D eigenvalue weighted by Gasteiger charge is -2.26. The highest BCUT2D eigenvalue weighted by molar-refractivity contribution is 6.32. The molecule has 0 saturated heterocycles. The van der Waals surface area contributed by atoms with Gasteiger partial charge in [-0.25, -0.2) is 4.98 Å². The first-order chi connectivity index (χ1) is 8.69. The molecule has 1 aliphatic rings. The first-order valence-electron chi connectivity index (χ1n) is 6.25. The number of nitrogens with zero attached hydrogens (tertiary/aromatic N) is 2. The highest BCUT2D eigenvalue weighted by atomic mass is 35.5. The normalized spacial score (nSPS) is 23.7. The van der Waals surface area contributed by atoms with Gasteiger partial charge in [-0.1, -0.05) is 18.0 Å². The van der Waals surface area contributed by atoms with Crippen molar-refractivity contribution in [1.29, 1.82) is 0 Å². The zero-order valence-corrected chi connectivity index (χ0v) is 11.3. The first-order valence-corrected chi connectivity index (χ1v) is 6.63. The van der Waals surface area contributed by atoms with Crippen LogP contribution in [0.2, 0.25) is 5.02 Å². The van der Waals surface area contributed by atoms with Crippen molar-refractivity contribution in [1.82, 2.24) is 9.97 Å². The van der Waals surface area contributed by atoms with Crippen LogP contribution < -0.4 is 15.8 Å². The lowest BCUT2D eigenvalue weighted by molar-refractivity contribution is 0.334. The lowest BCUT2D eigenvalue weighted by atomic mass is 9.86. The summed E-state index contributed by atoms with van der Waals surface area (Å²) < 4.78 is 4.98. The smallest absolute Gasteiger partial charge is 0.318 e. The molecule has 1 heterocycles. The van der Waals surface area contributed by atoms with E-state index in [2.05, 4.69) is 15.3 Å². The van der Waals surface area contributed by atoms with Gasteiger partial charge < -0.3 is 15.8 Å². The molecule has 1 aliphatic carbocycles. The fourth-order valence-corrected chi connectivity index (χ4v) is 2.49. The number of methoxy groups -OCH3 is 1. The third-order valence-corrected chi connectivity index (χ3v) is 3.56. The molecule has 0 radical (unpaired) electrons. The monoisotopic (exact) mass is 270 g/mol. The molecular formula is C12H19ClN4O. The summed E-state index contributed by atoms with van der Waals surface area (Å²) >= 11 is 6.03. The van der Waals surface area contributed by atoms with Crippen LogP contribution in [0.25, 0.3) is 0 Å². The van der Waals surface area contributed by atoms with Crippen molar-refractivity contribution in [3.8, 4) is 6.01 Å². The maximum atomic E-state index is 6.03. The van der Waals surface area contributed by atoms with Crippen molar-refractivity contribution in [3.63, 3.8) is 0 Å². The largest absolute Gasteiger partial charge is 0.467 e. The zero-order valence-electron chi connectivity index (χ0n) is 10.5. The molecule has 0 amide bonds. The van der Waals surface area contributed by atoms with E-state index < -0.39 is 0 Å². The molecule has 18 heavy (non-hydrogen) atoms. The maximum absolute atomic E-state index is 6.03. The van der Waals surface area contributed by atoms with Gasteiger partial charge in [-0.2, -0.15) is 4.98 Å². The van der Waals surface area contributed by atoms with Gasteiger partial charge in [-0.3, -0.25) is 0 Å². The number of halogens is 1. The van der Waals surface area contributed by atoms with E-state index >= 15 is 0 Å². The molecule has 2 rings (SSSR count). The van der Waals surface area contributed by atoms with E-state index in [9.17, 15) is 0 Å². The highest BCUT2D eigenvalue weighted by Crippen LogP contribution is 2.25. The van der Waals surface area contributed by atoms with Gasteiger partial charge in [0.2, 0.25) is 0 Å². The standard InChI is InChI=1S/C12H19ClN4O/c1-18-12-16-7-10(13)11(17-12)15-6-8-3-2-4-9(14)5-8/h7-9H,2-6,14H2,1H3,(H,15,16,17). The Labute approximate surface area is 112 Å².